The van der Waals surface area contributed by atoms with E-state index in [1.165, 1.54) is 11.3 Å². The first kappa shape index (κ1) is 11.5. The van der Waals surface area contributed by atoms with Crippen molar-refractivity contribution in [2.45, 2.75) is 19.1 Å². The Hall–Kier alpha value is -0.980. The molecule has 1 saturated heterocycles. The van der Waals surface area contributed by atoms with E-state index in [4.69, 9.17) is 0 Å². The van der Waals surface area contributed by atoms with Gasteiger partial charge in [0.1, 0.15) is 0 Å². The zero-order valence-electron chi connectivity index (χ0n) is 9.14. The maximum Gasteiger partial charge on any atom is 0.280 e. The number of rotatable bonds is 3. The number of carbonyl (C=O) groups is 1. The molecular formula is C10H15N3O2S. The van der Waals surface area contributed by atoms with Crippen molar-refractivity contribution in [2.24, 2.45) is 0 Å². The molecule has 1 aliphatic heterocycles. The molecule has 2 N–H and O–H groups in total. The highest BCUT2D eigenvalue weighted by Crippen LogP contribution is 2.18. The summed E-state index contributed by atoms with van der Waals surface area (Å²) in [6.45, 7) is 2.40. The van der Waals surface area contributed by atoms with Gasteiger partial charge in [0.25, 0.3) is 5.91 Å². The smallest absolute Gasteiger partial charge is 0.280 e. The van der Waals surface area contributed by atoms with Gasteiger partial charge in [-0.15, -0.1) is 11.3 Å². The molecule has 2 rings (SSSR count). The third-order valence-corrected chi connectivity index (χ3v) is 3.58. The lowest BCUT2D eigenvalue weighted by molar-refractivity contribution is 0.0962. The van der Waals surface area contributed by atoms with Crippen LogP contribution in [0.4, 0.5) is 0 Å². The van der Waals surface area contributed by atoms with Crippen molar-refractivity contribution in [1.82, 2.24) is 15.2 Å². The molecule has 1 atom stereocenters. The zero-order chi connectivity index (χ0) is 11.5. The molecule has 0 bridgehead atoms. The van der Waals surface area contributed by atoms with Crippen molar-refractivity contribution in [1.29, 1.82) is 0 Å². The van der Waals surface area contributed by atoms with Crippen LogP contribution in [0.2, 0.25) is 0 Å². The lowest BCUT2D eigenvalue weighted by Crippen LogP contribution is -2.20. The van der Waals surface area contributed by atoms with Crippen LogP contribution in [-0.2, 0) is 6.54 Å². The van der Waals surface area contributed by atoms with Crippen LogP contribution in [0.15, 0.2) is 6.20 Å². The lowest BCUT2D eigenvalue weighted by atomic mass is 10.3. The molecule has 5 nitrogen and oxygen atoms in total. The Bertz CT molecular complexity index is 380. The van der Waals surface area contributed by atoms with Gasteiger partial charge in [-0.05, 0) is 6.42 Å². The molecule has 1 fully saturated rings. The van der Waals surface area contributed by atoms with Crippen LogP contribution in [0, 0.1) is 0 Å². The minimum atomic E-state index is -0.202. The maximum absolute atomic E-state index is 11.3. The highest BCUT2D eigenvalue weighted by Gasteiger charge is 2.21. The third kappa shape index (κ3) is 2.58. The van der Waals surface area contributed by atoms with Crippen LogP contribution < -0.4 is 5.32 Å². The molecule has 16 heavy (non-hydrogen) atoms. The predicted octanol–water partition coefficient (Wildman–Crippen LogP) is 0.0693. The largest absolute Gasteiger partial charge is 0.392 e. The number of carbonyl (C=O) groups excluding carboxylic acids is 1. The number of likely N-dealkylation sites (tertiary alicyclic amines) is 1. The van der Waals surface area contributed by atoms with Gasteiger partial charge in [-0.25, -0.2) is 4.98 Å². The molecule has 0 aliphatic carbocycles. The molecule has 88 valence electrons. The minimum Gasteiger partial charge on any atom is -0.392 e. The SMILES string of the molecule is CNC(=O)c1ncc(CN2CC[C@H](O)C2)s1. The molecular weight excluding hydrogens is 226 g/mol. The number of aliphatic hydroxyl groups is 1. The van der Waals surface area contributed by atoms with Gasteiger partial charge in [-0.2, -0.15) is 0 Å². The van der Waals surface area contributed by atoms with Crippen molar-refractivity contribution >= 4 is 17.2 Å². The van der Waals surface area contributed by atoms with Gasteiger partial charge < -0.3 is 10.4 Å². The number of nitrogens with zero attached hydrogens (tertiary/aromatic N) is 2. The van der Waals surface area contributed by atoms with Gasteiger partial charge in [-0.1, -0.05) is 0 Å². The molecule has 0 spiro atoms. The van der Waals surface area contributed by atoms with E-state index in [9.17, 15) is 9.90 Å². The van der Waals surface area contributed by atoms with Crippen LogP contribution in [0.1, 0.15) is 21.1 Å². The molecule has 0 saturated carbocycles. The van der Waals surface area contributed by atoms with Crippen LogP contribution in [0.25, 0.3) is 0 Å². The van der Waals surface area contributed by atoms with Crippen LogP contribution in [-0.4, -0.2) is 47.1 Å². The second-order valence-electron chi connectivity index (χ2n) is 3.89. The fourth-order valence-electron chi connectivity index (χ4n) is 1.77. The first-order valence-corrected chi connectivity index (χ1v) is 6.08. The van der Waals surface area contributed by atoms with E-state index in [0.29, 0.717) is 11.6 Å². The molecule has 0 radical (unpaired) electrons. The number of amides is 1. The Balaban J connectivity index is 1.95. The summed E-state index contributed by atoms with van der Waals surface area (Å²) in [5.74, 6) is -0.141. The van der Waals surface area contributed by atoms with E-state index >= 15 is 0 Å². The monoisotopic (exact) mass is 241 g/mol. The normalized spacial score (nSPS) is 21.2. The van der Waals surface area contributed by atoms with Crippen LogP contribution in [0.3, 0.4) is 0 Å². The standard InChI is InChI=1S/C10H15N3O2S/c1-11-9(15)10-12-4-8(16-10)6-13-3-2-7(14)5-13/h4,7,14H,2-3,5-6H2,1H3,(H,11,15)/t7-/m0/s1. The van der Waals surface area contributed by atoms with Gasteiger partial charge in [0.2, 0.25) is 0 Å². The molecule has 1 aromatic heterocycles. The Morgan fingerprint density at radius 2 is 2.62 bits per heavy atom. The highest BCUT2D eigenvalue weighted by atomic mass is 32.1. The molecule has 0 unspecified atom stereocenters. The average Bonchev–Trinajstić information content (AvgIpc) is 2.87. The Morgan fingerprint density at radius 3 is 3.25 bits per heavy atom. The van der Waals surface area contributed by atoms with Crippen molar-refractivity contribution in [2.75, 3.05) is 20.1 Å². The molecule has 1 aromatic rings. The summed E-state index contributed by atoms with van der Waals surface area (Å²) < 4.78 is 0. The molecule has 2 heterocycles. The van der Waals surface area contributed by atoms with E-state index in [1.807, 2.05) is 0 Å². The van der Waals surface area contributed by atoms with Gasteiger partial charge >= 0.3 is 0 Å². The molecule has 1 amide bonds. The topological polar surface area (TPSA) is 65.5 Å². The number of hydrogen-bond donors (Lipinski definition) is 2. The number of nitrogens with one attached hydrogen (secondary N) is 1. The first-order valence-electron chi connectivity index (χ1n) is 5.26. The van der Waals surface area contributed by atoms with E-state index in [1.54, 1.807) is 13.2 Å². The maximum atomic E-state index is 11.3. The van der Waals surface area contributed by atoms with E-state index in [0.717, 1.165) is 24.4 Å². The van der Waals surface area contributed by atoms with Crippen molar-refractivity contribution in [3.63, 3.8) is 0 Å². The summed E-state index contributed by atoms with van der Waals surface area (Å²) in [7, 11) is 1.60. The second-order valence-corrected chi connectivity index (χ2v) is 5.00. The minimum absolute atomic E-state index is 0.141. The Labute approximate surface area is 98.1 Å². The first-order chi connectivity index (χ1) is 7.69. The van der Waals surface area contributed by atoms with Gasteiger partial charge in [-0.3, -0.25) is 9.69 Å². The second kappa shape index (κ2) is 4.90. The fraction of sp³-hybridized carbons (Fsp3) is 0.600. The number of aliphatic hydroxyl groups excluding tert-OH is 1. The zero-order valence-corrected chi connectivity index (χ0v) is 9.96. The van der Waals surface area contributed by atoms with E-state index in [-0.39, 0.29) is 12.0 Å². The van der Waals surface area contributed by atoms with Crippen molar-refractivity contribution in [3.05, 3.63) is 16.1 Å². The van der Waals surface area contributed by atoms with Crippen molar-refractivity contribution in [3.8, 4) is 0 Å². The van der Waals surface area contributed by atoms with Crippen LogP contribution in [0.5, 0.6) is 0 Å². The lowest BCUT2D eigenvalue weighted by Gasteiger charge is -2.12. The Kier molecular flexibility index (Phi) is 3.52. The number of β-amino-alcohol motifs (C(OH)–C–C–N with tert-alkyl or cyclic N) is 1. The van der Waals surface area contributed by atoms with Crippen molar-refractivity contribution < 1.29 is 9.90 Å². The van der Waals surface area contributed by atoms with Gasteiger partial charge in [0, 0.05) is 37.8 Å². The average molecular weight is 241 g/mol. The van der Waals surface area contributed by atoms with Crippen LogP contribution >= 0.6 is 11.3 Å². The summed E-state index contributed by atoms with van der Waals surface area (Å²) >= 11 is 1.41. The summed E-state index contributed by atoms with van der Waals surface area (Å²) in [4.78, 5) is 18.6. The summed E-state index contributed by atoms with van der Waals surface area (Å²) in [5, 5.41) is 12.4. The summed E-state index contributed by atoms with van der Waals surface area (Å²) in [6, 6.07) is 0. The van der Waals surface area contributed by atoms with Gasteiger partial charge in [0.15, 0.2) is 5.01 Å². The quantitative estimate of drug-likeness (QED) is 0.786. The molecule has 0 aromatic carbocycles. The van der Waals surface area contributed by atoms with Gasteiger partial charge in [0.05, 0.1) is 6.10 Å². The number of aromatic nitrogens is 1. The Morgan fingerprint density at radius 1 is 1.81 bits per heavy atom. The summed E-state index contributed by atoms with van der Waals surface area (Å²) in [6.07, 6.45) is 2.37. The summed E-state index contributed by atoms with van der Waals surface area (Å²) in [5.41, 5.74) is 0. The molecule has 6 heteroatoms. The highest BCUT2D eigenvalue weighted by molar-refractivity contribution is 7.13. The predicted molar refractivity (Wildman–Crippen MR) is 61.4 cm³/mol. The van der Waals surface area contributed by atoms with E-state index in [2.05, 4.69) is 15.2 Å². The fourth-order valence-corrected chi connectivity index (χ4v) is 2.67. The van der Waals surface area contributed by atoms with E-state index < -0.39 is 0 Å². The molecule has 1 aliphatic rings. The third-order valence-electron chi connectivity index (χ3n) is 2.60. The number of hydrogen-bond acceptors (Lipinski definition) is 5. The number of thiazole rings is 1.